The summed E-state index contributed by atoms with van der Waals surface area (Å²) in [7, 11) is 0. The molecule has 1 heterocycles. The Morgan fingerprint density at radius 2 is 1.91 bits per heavy atom. The number of rotatable bonds is 7. The van der Waals surface area contributed by atoms with Gasteiger partial charge in [-0.1, -0.05) is 49.2 Å². The van der Waals surface area contributed by atoms with E-state index >= 15 is 0 Å². The number of amides is 2. The number of aryl methyl sites for hydroxylation is 1. The molecule has 0 bridgehead atoms. The first-order valence-corrected chi connectivity index (χ1v) is 11.3. The number of hydrogen-bond donors (Lipinski definition) is 0. The third kappa shape index (κ3) is 5.26. The maximum atomic E-state index is 12.7. The van der Waals surface area contributed by atoms with Crippen LogP contribution < -0.4 is 4.74 Å². The van der Waals surface area contributed by atoms with E-state index in [2.05, 4.69) is 13.8 Å². The lowest BCUT2D eigenvalue weighted by molar-refractivity contribution is -0.384. The van der Waals surface area contributed by atoms with Gasteiger partial charge in [-0.3, -0.25) is 24.6 Å². The molecule has 2 amide bonds. The fraction of sp³-hybridized carbons (Fsp3) is 0.273. The first-order chi connectivity index (χ1) is 15.1. The molecule has 2 aromatic rings. The second-order valence-electron chi connectivity index (χ2n) is 7.46. The monoisotopic (exact) mass is 494 g/mol. The van der Waals surface area contributed by atoms with Gasteiger partial charge in [0, 0.05) is 16.7 Å². The van der Waals surface area contributed by atoms with Crippen molar-refractivity contribution in [2.24, 2.45) is 0 Å². The lowest BCUT2D eigenvalue weighted by Crippen LogP contribution is -2.32. The summed E-state index contributed by atoms with van der Waals surface area (Å²) < 4.78 is 5.88. The summed E-state index contributed by atoms with van der Waals surface area (Å²) in [5.74, 6) is 0.479. The lowest BCUT2D eigenvalue weighted by Gasteiger charge is -2.17. The third-order valence-electron chi connectivity index (χ3n) is 4.79. The maximum Gasteiger partial charge on any atom is 0.293 e. The van der Waals surface area contributed by atoms with Crippen LogP contribution in [0, 0.1) is 17.0 Å². The molecule has 0 aliphatic carbocycles. The van der Waals surface area contributed by atoms with E-state index in [1.54, 1.807) is 0 Å². The maximum absolute atomic E-state index is 12.7. The zero-order valence-electron chi connectivity index (χ0n) is 17.6. The highest BCUT2D eigenvalue weighted by Gasteiger charge is 2.35. The fourth-order valence-corrected chi connectivity index (χ4v) is 4.49. The molecule has 10 heteroatoms. The van der Waals surface area contributed by atoms with Crippen molar-refractivity contribution in [3.8, 4) is 5.75 Å². The number of hydrogen-bond acceptors (Lipinski definition) is 6. The molecule has 0 unspecified atom stereocenters. The zero-order chi connectivity index (χ0) is 23.6. The number of carbonyl (C=O) groups is 2. The average Bonchev–Trinajstić information content (AvgIpc) is 2.97. The highest BCUT2D eigenvalue weighted by atomic mass is 35.5. The fourth-order valence-electron chi connectivity index (χ4n) is 3.13. The Labute approximate surface area is 199 Å². The smallest absolute Gasteiger partial charge is 0.293 e. The molecule has 0 aromatic heterocycles. The molecule has 2 aromatic carbocycles. The van der Waals surface area contributed by atoms with E-state index in [1.165, 1.54) is 18.2 Å². The van der Waals surface area contributed by atoms with Crippen molar-refractivity contribution >= 4 is 57.9 Å². The number of imide groups is 1. The Morgan fingerprint density at radius 3 is 2.56 bits per heavy atom. The number of carbonyl (C=O) groups excluding carboxylic acids is 2. The van der Waals surface area contributed by atoms with Gasteiger partial charge < -0.3 is 4.74 Å². The van der Waals surface area contributed by atoms with E-state index in [1.807, 2.05) is 25.1 Å². The minimum atomic E-state index is -0.643. The Balaban J connectivity index is 1.74. The second kappa shape index (κ2) is 9.94. The van der Waals surface area contributed by atoms with Gasteiger partial charge in [0.25, 0.3) is 16.8 Å². The van der Waals surface area contributed by atoms with Crippen LogP contribution in [0.5, 0.6) is 5.75 Å². The van der Waals surface area contributed by atoms with Gasteiger partial charge in [0.1, 0.15) is 17.4 Å². The number of nitro benzene ring substituents is 1. The molecule has 0 radical (unpaired) electrons. The molecule has 0 saturated carbocycles. The molecule has 1 fully saturated rings. The van der Waals surface area contributed by atoms with E-state index in [0.29, 0.717) is 0 Å². The van der Waals surface area contributed by atoms with Crippen LogP contribution in [0.3, 0.4) is 0 Å². The van der Waals surface area contributed by atoms with Crippen LogP contribution in [0.4, 0.5) is 10.5 Å². The normalized spacial score (nSPS) is 15.2. The zero-order valence-corrected chi connectivity index (χ0v) is 19.9. The van der Waals surface area contributed by atoms with Crippen molar-refractivity contribution in [2.45, 2.75) is 26.7 Å². The minimum absolute atomic E-state index is 0.0714. The molecule has 3 rings (SSSR count). The highest BCUT2D eigenvalue weighted by Crippen LogP contribution is 2.36. The van der Waals surface area contributed by atoms with Gasteiger partial charge in [-0.15, -0.1) is 0 Å². The molecule has 7 nitrogen and oxygen atoms in total. The molecular formula is C22H20Cl2N2O5S. The summed E-state index contributed by atoms with van der Waals surface area (Å²) in [6, 6.07) is 8.35. The van der Waals surface area contributed by atoms with Gasteiger partial charge in [-0.05, 0) is 53.9 Å². The number of nitrogens with zero attached hydrogens (tertiary/aromatic N) is 2. The number of ether oxygens (including phenoxy) is 1. The molecule has 32 heavy (non-hydrogen) atoms. The van der Waals surface area contributed by atoms with Gasteiger partial charge in [0.15, 0.2) is 0 Å². The summed E-state index contributed by atoms with van der Waals surface area (Å²) >= 11 is 12.7. The van der Waals surface area contributed by atoms with Crippen molar-refractivity contribution in [3.63, 3.8) is 0 Å². The minimum Gasteiger partial charge on any atom is -0.491 e. The SMILES string of the molecule is Cc1ccc(C(C)C)c(OCCN2C(=O)S/C(=C\c3cc([N+](=O)[O-])c(Cl)cc3Cl)C2=O)c1. The first kappa shape index (κ1) is 24.1. The number of benzene rings is 2. The molecule has 1 saturated heterocycles. The van der Waals surface area contributed by atoms with Crippen LogP contribution in [0.2, 0.25) is 10.0 Å². The van der Waals surface area contributed by atoms with E-state index in [9.17, 15) is 19.7 Å². The van der Waals surface area contributed by atoms with Crippen LogP contribution >= 0.6 is 35.0 Å². The van der Waals surface area contributed by atoms with Gasteiger partial charge in [0.05, 0.1) is 16.4 Å². The predicted molar refractivity (Wildman–Crippen MR) is 127 cm³/mol. The van der Waals surface area contributed by atoms with Gasteiger partial charge in [-0.25, -0.2) is 0 Å². The third-order valence-corrected chi connectivity index (χ3v) is 6.32. The van der Waals surface area contributed by atoms with Crippen molar-refractivity contribution < 1.29 is 19.2 Å². The molecule has 168 valence electrons. The predicted octanol–water partition coefficient (Wildman–Crippen LogP) is 6.45. The Morgan fingerprint density at radius 1 is 1.19 bits per heavy atom. The molecule has 0 spiro atoms. The number of nitro groups is 1. The van der Waals surface area contributed by atoms with Crippen LogP contribution in [-0.4, -0.2) is 34.1 Å². The summed E-state index contributed by atoms with van der Waals surface area (Å²) in [6.45, 7) is 6.30. The van der Waals surface area contributed by atoms with Crippen molar-refractivity contribution in [3.05, 3.63) is 72.1 Å². The topological polar surface area (TPSA) is 89.8 Å². The van der Waals surface area contributed by atoms with Crippen LogP contribution in [-0.2, 0) is 4.79 Å². The summed E-state index contributed by atoms with van der Waals surface area (Å²) in [6.07, 6.45) is 1.36. The Hall–Kier alpha value is -2.55. The van der Waals surface area contributed by atoms with Gasteiger partial charge in [0.2, 0.25) is 0 Å². The summed E-state index contributed by atoms with van der Waals surface area (Å²) in [4.78, 5) is 36.8. The highest BCUT2D eigenvalue weighted by molar-refractivity contribution is 8.18. The molecule has 1 aliphatic heterocycles. The quantitative estimate of drug-likeness (QED) is 0.249. The lowest BCUT2D eigenvalue weighted by atomic mass is 10.0. The molecular weight excluding hydrogens is 475 g/mol. The van der Waals surface area contributed by atoms with E-state index in [0.717, 1.165) is 33.5 Å². The Kier molecular flexibility index (Phi) is 7.48. The van der Waals surface area contributed by atoms with E-state index in [-0.39, 0.29) is 45.3 Å². The van der Waals surface area contributed by atoms with Gasteiger partial charge >= 0.3 is 0 Å². The number of thioether (sulfide) groups is 1. The van der Waals surface area contributed by atoms with Crippen molar-refractivity contribution in [1.82, 2.24) is 4.90 Å². The van der Waals surface area contributed by atoms with E-state index in [4.69, 9.17) is 27.9 Å². The molecule has 0 atom stereocenters. The Bertz CT molecular complexity index is 1130. The van der Waals surface area contributed by atoms with Crippen molar-refractivity contribution in [1.29, 1.82) is 0 Å². The molecule has 0 N–H and O–H groups in total. The summed E-state index contributed by atoms with van der Waals surface area (Å²) in [5.41, 5.74) is 1.98. The van der Waals surface area contributed by atoms with Gasteiger partial charge in [-0.2, -0.15) is 0 Å². The standard InChI is InChI=1S/C22H20Cl2N2O5S/c1-12(2)15-5-4-13(3)8-19(15)31-7-6-25-21(27)20(32-22(25)28)10-14-9-18(26(29)30)17(24)11-16(14)23/h4-5,8-12H,6-7H2,1-3H3/b20-10-. The molecule has 1 aliphatic rings. The van der Waals surface area contributed by atoms with Crippen LogP contribution in [0.25, 0.3) is 6.08 Å². The van der Waals surface area contributed by atoms with Crippen LogP contribution in [0.1, 0.15) is 36.5 Å². The van der Waals surface area contributed by atoms with E-state index < -0.39 is 16.1 Å². The second-order valence-corrected chi connectivity index (χ2v) is 9.27. The number of halogens is 2. The van der Waals surface area contributed by atoms with Crippen molar-refractivity contribution in [2.75, 3.05) is 13.2 Å². The average molecular weight is 495 g/mol. The summed E-state index contributed by atoms with van der Waals surface area (Å²) in [5, 5.41) is 10.7. The van der Waals surface area contributed by atoms with Crippen LogP contribution in [0.15, 0.2) is 35.2 Å². The largest absolute Gasteiger partial charge is 0.491 e. The first-order valence-electron chi connectivity index (χ1n) is 9.70.